The minimum Gasteiger partial charge on any atom is -0.457 e. The number of nitro groups is 1. The molecule has 0 saturated carbocycles. The Morgan fingerprint density at radius 1 is 1.07 bits per heavy atom. The molecule has 2 aliphatic rings. The molecule has 8 nitrogen and oxygen atoms in total. The number of nitrogens with zero attached hydrogens (tertiary/aromatic N) is 2. The van der Waals surface area contributed by atoms with Gasteiger partial charge in [0, 0.05) is 19.2 Å². The van der Waals surface area contributed by atoms with E-state index in [9.17, 15) is 14.9 Å². The number of hydrogen-bond donors (Lipinski definition) is 0. The van der Waals surface area contributed by atoms with E-state index in [2.05, 4.69) is 0 Å². The first kappa shape index (κ1) is 18.1. The molecule has 0 bridgehead atoms. The van der Waals surface area contributed by atoms with Crippen molar-refractivity contribution < 1.29 is 23.9 Å². The number of anilines is 1. The number of rotatable bonds is 5. The van der Waals surface area contributed by atoms with E-state index in [0.29, 0.717) is 17.2 Å². The molecule has 0 aromatic heterocycles. The number of nitro benzene ring substituents is 1. The van der Waals surface area contributed by atoms with Crippen LogP contribution in [-0.2, 0) is 11.3 Å². The van der Waals surface area contributed by atoms with Crippen molar-refractivity contribution in [3.63, 3.8) is 0 Å². The topological polar surface area (TPSA) is 91.1 Å². The fourth-order valence-electron chi connectivity index (χ4n) is 3.46. The lowest BCUT2D eigenvalue weighted by Gasteiger charge is -2.28. The summed E-state index contributed by atoms with van der Waals surface area (Å²) in [5, 5.41) is 11.5. The number of carbonyl (C=O) groups is 1. The highest BCUT2D eigenvalue weighted by Crippen LogP contribution is 2.33. The Labute approximate surface area is 161 Å². The molecule has 0 radical (unpaired) electrons. The molecule has 2 heterocycles. The standard InChI is InChI=1S/C20H20N2O6/c23-20(26-12-14-4-7-18-19(10-14)28-13-27-18)15-5-6-16(17(11-15)22(24)25)21-8-2-1-3-9-21/h4-7,10-11H,1-3,8-9,12-13H2. The van der Waals surface area contributed by atoms with Gasteiger partial charge in [-0.1, -0.05) is 6.07 Å². The molecule has 0 unspecified atom stereocenters. The summed E-state index contributed by atoms with van der Waals surface area (Å²) in [7, 11) is 0. The van der Waals surface area contributed by atoms with Crippen molar-refractivity contribution in [2.24, 2.45) is 0 Å². The molecule has 0 N–H and O–H groups in total. The molecule has 0 aliphatic carbocycles. The highest BCUT2D eigenvalue weighted by atomic mass is 16.7. The van der Waals surface area contributed by atoms with Gasteiger partial charge < -0.3 is 19.1 Å². The summed E-state index contributed by atoms with van der Waals surface area (Å²) in [6, 6.07) is 9.80. The minimum absolute atomic E-state index is 0.0388. The number of carbonyl (C=O) groups excluding carboxylic acids is 1. The van der Waals surface area contributed by atoms with Gasteiger partial charge in [0.1, 0.15) is 12.3 Å². The third-order valence-corrected chi connectivity index (χ3v) is 4.91. The molecule has 2 aromatic carbocycles. The molecular weight excluding hydrogens is 364 g/mol. The van der Waals surface area contributed by atoms with E-state index in [-0.39, 0.29) is 24.7 Å². The second kappa shape index (κ2) is 7.75. The Hall–Kier alpha value is -3.29. The van der Waals surface area contributed by atoms with Crippen LogP contribution < -0.4 is 14.4 Å². The zero-order valence-corrected chi connectivity index (χ0v) is 15.3. The van der Waals surface area contributed by atoms with Gasteiger partial charge in [0.25, 0.3) is 5.69 Å². The van der Waals surface area contributed by atoms with E-state index >= 15 is 0 Å². The molecule has 146 valence electrons. The first-order valence-electron chi connectivity index (χ1n) is 9.21. The van der Waals surface area contributed by atoms with Crippen molar-refractivity contribution in [1.29, 1.82) is 0 Å². The monoisotopic (exact) mass is 384 g/mol. The summed E-state index contributed by atoms with van der Waals surface area (Å²) < 4.78 is 15.9. The van der Waals surface area contributed by atoms with Crippen molar-refractivity contribution in [1.82, 2.24) is 0 Å². The van der Waals surface area contributed by atoms with Gasteiger partial charge in [0.05, 0.1) is 10.5 Å². The van der Waals surface area contributed by atoms with Crippen molar-refractivity contribution in [3.05, 3.63) is 57.6 Å². The van der Waals surface area contributed by atoms with Crippen LogP contribution in [0.2, 0.25) is 0 Å². The lowest BCUT2D eigenvalue weighted by atomic mass is 10.1. The maximum absolute atomic E-state index is 12.4. The van der Waals surface area contributed by atoms with E-state index in [1.165, 1.54) is 6.07 Å². The number of piperidine rings is 1. The first-order chi connectivity index (χ1) is 13.6. The average molecular weight is 384 g/mol. The van der Waals surface area contributed by atoms with Crippen LogP contribution in [0.5, 0.6) is 11.5 Å². The molecule has 2 aromatic rings. The third kappa shape index (κ3) is 3.71. The predicted molar refractivity (Wildman–Crippen MR) is 101 cm³/mol. The van der Waals surface area contributed by atoms with Gasteiger partial charge in [0.15, 0.2) is 11.5 Å². The lowest BCUT2D eigenvalue weighted by molar-refractivity contribution is -0.384. The van der Waals surface area contributed by atoms with Gasteiger partial charge in [-0.05, 0) is 49.1 Å². The fraction of sp³-hybridized carbons (Fsp3) is 0.350. The van der Waals surface area contributed by atoms with Gasteiger partial charge in [-0.3, -0.25) is 10.1 Å². The van der Waals surface area contributed by atoms with Crippen molar-refractivity contribution in [2.45, 2.75) is 25.9 Å². The number of fused-ring (bicyclic) bond motifs is 1. The summed E-state index contributed by atoms with van der Waals surface area (Å²) in [4.78, 5) is 25.5. The normalized spacial score (nSPS) is 15.4. The molecule has 28 heavy (non-hydrogen) atoms. The molecule has 1 saturated heterocycles. The van der Waals surface area contributed by atoms with Crippen LogP contribution in [0.25, 0.3) is 0 Å². The molecule has 1 fully saturated rings. The Balaban J connectivity index is 1.47. The molecule has 0 amide bonds. The van der Waals surface area contributed by atoms with E-state index in [0.717, 1.165) is 37.9 Å². The largest absolute Gasteiger partial charge is 0.457 e. The Morgan fingerprint density at radius 3 is 2.64 bits per heavy atom. The molecule has 8 heteroatoms. The smallest absolute Gasteiger partial charge is 0.338 e. The summed E-state index contributed by atoms with van der Waals surface area (Å²) in [5.41, 5.74) is 1.39. The fourth-order valence-corrected chi connectivity index (χ4v) is 3.46. The molecule has 0 atom stereocenters. The van der Waals surface area contributed by atoms with Crippen LogP contribution in [0.4, 0.5) is 11.4 Å². The Morgan fingerprint density at radius 2 is 1.86 bits per heavy atom. The quantitative estimate of drug-likeness (QED) is 0.441. The zero-order valence-electron chi connectivity index (χ0n) is 15.3. The van der Waals surface area contributed by atoms with Gasteiger partial charge in [-0.25, -0.2) is 4.79 Å². The minimum atomic E-state index is -0.606. The molecule has 4 rings (SSSR count). The zero-order chi connectivity index (χ0) is 19.5. The third-order valence-electron chi connectivity index (χ3n) is 4.91. The van der Waals surface area contributed by atoms with Crippen LogP contribution in [-0.4, -0.2) is 30.8 Å². The Kier molecular flexibility index (Phi) is 5.01. The van der Waals surface area contributed by atoms with Crippen LogP contribution in [0.3, 0.4) is 0 Å². The second-order valence-electron chi connectivity index (χ2n) is 6.77. The molecular formula is C20H20N2O6. The summed E-state index contributed by atoms with van der Waals surface area (Å²) in [6.45, 7) is 1.78. The van der Waals surface area contributed by atoms with Crippen LogP contribution >= 0.6 is 0 Å². The highest BCUT2D eigenvalue weighted by Gasteiger charge is 2.23. The average Bonchev–Trinajstić information content (AvgIpc) is 3.20. The number of hydrogen-bond acceptors (Lipinski definition) is 7. The van der Waals surface area contributed by atoms with E-state index in [1.54, 1.807) is 30.3 Å². The summed E-state index contributed by atoms with van der Waals surface area (Å²) in [5.74, 6) is 0.653. The van der Waals surface area contributed by atoms with Crippen molar-refractivity contribution in [2.75, 3.05) is 24.8 Å². The van der Waals surface area contributed by atoms with Crippen LogP contribution in [0, 0.1) is 10.1 Å². The summed E-state index contributed by atoms with van der Waals surface area (Å²) >= 11 is 0. The SMILES string of the molecule is O=C(OCc1ccc2c(c1)OCO2)c1ccc(N2CCCCC2)c([N+](=O)[O-])c1. The van der Waals surface area contributed by atoms with Crippen LogP contribution in [0.1, 0.15) is 35.2 Å². The van der Waals surface area contributed by atoms with Crippen LogP contribution in [0.15, 0.2) is 36.4 Å². The highest BCUT2D eigenvalue weighted by molar-refractivity contribution is 5.91. The van der Waals surface area contributed by atoms with Crippen molar-refractivity contribution >= 4 is 17.3 Å². The number of esters is 1. The maximum Gasteiger partial charge on any atom is 0.338 e. The summed E-state index contributed by atoms with van der Waals surface area (Å²) in [6.07, 6.45) is 3.15. The second-order valence-corrected chi connectivity index (χ2v) is 6.77. The van der Waals surface area contributed by atoms with E-state index in [1.807, 2.05) is 4.90 Å². The van der Waals surface area contributed by atoms with E-state index < -0.39 is 10.9 Å². The molecule has 0 spiro atoms. The number of benzene rings is 2. The lowest BCUT2D eigenvalue weighted by Crippen LogP contribution is -2.30. The maximum atomic E-state index is 12.4. The van der Waals surface area contributed by atoms with E-state index in [4.69, 9.17) is 14.2 Å². The predicted octanol–water partition coefficient (Wildman–Crippen LogP) is 3.67. The van der Waals surface area contributed by atoms with Gasteiger partial charge >= 0.3 is 5.97 Å². The van der Waals surface area contributed by atoms with Gasteiger partial charge in [0.2, 0.25) is 6.79 Å². The Bertz CT molecular complexity index is 908. The van der Waals surface area contributed by atoms with Crippen molar-refractivity contribution in [3.8, 4) is 11.5 Å². The number of ether oxygens (including phenoxy) is 3. The van der Waals surface area contributed by atoms with Gasteiger partial charge in [-0.15, -0.1) is 0 Å². The molecule has 2 aliphatic heterocycles. The van der Waals surface area contributed by atoms with Gasteiger partial charge in [-0.2, -0.15) is 0 Å². The first-order valence-corrected chi connectivity index (χ1v) is 9.21.